The van der Waals surface area contributed by atoms with Gasteiger partial charge in [0.25, 0.3) is 0 Å². The number of terminal acetylenes is 1. The maximum absolute atomic E-state index is 11.5. The second-order valence-electron chi connectivity index (χ2n) is 4.14. The van der Waals surface area contributed by atoms with Crippen molar-refractivity contribution in [2.24, 2.45) is 0 Å². The van der Waals surface area contributed by atoms with Crippen LogP contribution in [0.2, 0.25) is 0 Å². The number of amides is 2. The standard InChI is InChI=1S/C12H18N2O4/c1-3-8(4-2)14-12(17)13-7-9-5-6-10(18-9)11(15)16/h1,8-10H,4-7H2,2H3,(H,15,16)(H2,13,14,17). The summed E-state index contributed by atoms with van der Waals surface area (Å²) in [7, 11) is 0. The number of rotatable bonds is 5. The van der Waals surface area contributed by atoms with E-state index >= 15 is 0 Å². The van der Waals surface area contributed by atoms with Crippen LogP contribution in [0.5, 0.6) is 0 Å². The van der Waals surface area contributed by atoms with Gasteiger partial charge in [0, 0.05) is 6.54 Å². The van der Waals surface area contributed by atoms with Gasteiger partial charge in [-0.3, -0.25) is 0 Å². The number of carboxylic acid groups (broad SMARTS) is 1. The number of nitrogens with one attached hydrogen (secondary N) is 2. The van der Waals surface area contributed by atoms with Gasteiger partial charge in [0.15, 0.2) is 6.10 Å². The maximum atomic E-state index is 11.5. The Kier molecular flexibility index (Phi) is 5.46. The molecule has 1 heterocycles. The molecule has 100 valence electrons. The van der Waals surface area contributed by atoms with E-state index in [1.165, 1.54) is 0 Å². The Balaban J connectivity index is 2.24. The van der Waals surface area contributed by atoms with Crippen LogP contribution in [0.15, 0.2) is 0 Å². The first-order valence-electron chi connectivity index (χ1n) is 5.95. The summed E-state index contributed by atoms with van der Waals surface area (Å²) in [4.78, 5) is 22.1. The van der Waals surface area contributed by atoms with Crippen molar-refractivity contribution in [2.75, 3.05) is 6.54 Å². The molecule has 0 aliphatic carbocycles. The molecule has 0 aromatic heterocycles. The molecule has 6 heteroatoms. The predicted octanol–water partition coefficient (Wildman–Crippen LogP) is 0.330. The van der Waals surface area contributed by atoms with Crippen molar-refractivity contribution in [3.05, 3.63) is 0 Å². The molecule has 0 aromatic carbocycles. The van der Waals surface area contributed by atoms with Gasteiger partial charge in [-0.1, -0.05) is 12.8 Å². The molecule has 1 aliphatic heterocycles. The molecule has 18 heavy (non-hydrogen) atoms. The van der Waals surface area contributed by atoms with Crippen molar-refractivity contribution in [3.63, 3.8) is 0 Å². The average molecular weight is 254 g/mol. The summed E-state index contributed by atoms with van der Waals surface area (Å²) >= 11 is 0. The fourth-order valence-electron chi connectivity index (χ4n) is 1.71. The van der Waals surface area contributed by atoms with Gasteiger partial charge in [-0.05, 0) is 19.3 Å². The Morgan fingerprint density at radius 1 is 1.56 bits per heavy atom. The molecule has 0 spiro atoms. The predicted molar refractivity (Wildman–Crippen MR) is 65.0 cm³/mol. The molecule has 0 aromatic rings. The number of hydrogen-bond donors (Lipinski definition) is 3. The molecule has 0 saturated carbocycles. The molecule has 1 aliphatic rings. The average Bonchev–Trinajstić information content (AvgIpc) is 2.82. The second kappa shape index (κ2) is 6.87. The minimum Gasteiger partial charge on any atom is -0.479 e. The zero-order valence-corrected chi connectivity index (χ0v) is 10.3. The van der Waals surface area contributed by atoms with E-state index in [4.69, 9.17) is 16.3 Å². The monoisotopic (exact) mass is 254 g/mol. The van der Waals surface area contributed by atoms with Crippen LogP contribution in [0.1, 0.15) is 26.2 Å². The summed E-state index contributed by atoms with van der Waals surface area (Å²) in [6, 6.07) is -0.650. The molecule has 1 fully saturated rings. The van der Waals surface area contributed by atoms with Crippen molar-refractivity contribution >= 4 is 12.0 Å². The van der Waals surface area contributed by atoms with Crippen molar-refractivity contribution in [2.45, 2.75) is 44.4 Å². The Hall–Kier alpha value is -1.74. The Labute approximate surface area is 106 Å². The first kappa shape index (κ1) is 14.3. The summed E-state index contributed by atoms with van der Waals surface area (Å²) in [5.74, 6) is 1.49. The first-order chi connectivity index (χ1) is 8.56. The van der Waals surface area contributed by atoms with E-state index in [0.717, 1.165) is 0 Å². The molecule has 0 radical (unpaired) electrons. The zero-order valence-electron chi connectivity index (χ0n) is 10.3. The lowest BCUT2D eigenvalue weighted by molar-refractivity contribution is -0.149. The number of urea groups is 1. The second-order valence-corrected chi connectivity index (χ2v) is 4.14. The molecule has 3 atom stereocenters. The zero-order chi connectivity index (χ0) is 13.5. The molecule has 1 saturated heterocycles. The smallest absolute Gasteiger partial charge is 0.332 e. The third-order valence-electron chi connectivity index (χ3n) is 2.79. The van der Waals surface area contributed by atoms with Crippen LogP contribution in [0.4, 0.5) is 4.79 Å². The van der Waals surface area contributed by atoms with Gasteiger partial charge >= 0.3 is 12.0 Å². The lowest BCUT2D eigenvalue weighted by atomic mass is 10.2. The van der Waals surface area contributed by atoms with E-state index in [0.29, 0.717) is 19.3 Å². The van der Waals surface area contributed by atoms with Crippen LogP contribution >= 0.6 is 0 Å². The number of carboxylic acids is 1. The minimum absolute atomic E-state index is 0.247. The maximum Gasteiger partial charge on any atom is 0.332 e. The molecule has 1 rings (SSSR count). The van der Waals surface area contributed by atoms with Crippen LogP contribution in [0.25, 0.3) is 0 Å². The topological polar surface area (TPSA) is 87.7 Å². The van der Waals surface area contributed by atoms with Gasteiger partial charge in [-0.25, -0.2) is 9.59 Å². The summed E-state index contributed by atoms with van der Waals surface area (Å²) in [5.41, 5.74) is 0. The molecular formula is C12H18N2O4. The summed E-state index contributed by atoms with van der Waals surface area (Å²) in [6.45, 7) is 2.17. The normalized spacial score (nSPS) is 24.0. The van der Waals surface area contributed by atoms with E-state index in [1.54, 1.807) is 0 Å². The van der Waals surface area contributed by atoms with Gasteiger partial charge in [0.1, 0.15) is 0 Å². The number of aliphatic carboxylic acids is 1. The lowest BCUT2D eigenvalue weighted by Gasteiger charge is -2.15. The van der Waals surface area contributed by atoms with Crippen molar-refractivity contribution in [3.8, 4) is 12.3 Å². The number of carbonyl (C=O) groups excluding carboxylic acids is 1. The summed E-state index contributed by atoms with van der Waals surface area (Å²) in [6.07, 6.45) is 5.98. The van der Waals surface area contributed by atoms with E-state index in [1.807, 2.05) is 6.92 Å². The van der Waals surface area contributed by atoms with Gasteiger partial charge in [0.05, 0.1) is 12.1 Å². The van der Waals surface area contributed by atoms with Gasteiger partial charge in [-0.15, -0.1) is 6.42 Å². The highest BCUT2D eigenvalue weighted by molar-refractivity contribution is 5.74. The first-order valence-corrected chi connectivity index (χ1v) is 5.95. The highest BCUT2D eigenvalue weighted by atomic mass is 16.5. The third kappa shape index (κ3) is 4.26. The quantitative estimate of drug-likeness (QED) is 0.617. The van der Waals surface area contributed by atoms with Crippen LogP contribution in [-0.4, -0.2) is 41.9 Å². The van der Waals surface area contributed by atoms with Gasteiger partial charge in [0.2, 0.25) is 0 Å². The number of carbonyl (C=O) groups is 2. The van der Waals surface area contributed by atoms with Crippen molar-refractivity contribution < 1.29 is 19.4 Å². The third-order valence-corrected chi connectivity index (χ3v) is 2.79. The molecule has 2 amide bonds. The largest absolute Gasteiger partial charge is 0.479 e. The van der Waals surface area contributed by atoms with E-state index in [9.17, 15) is 9.59 Å². The Bertz CT molecular complexity index is 350. The van der Waals surface area contributed by atoms with Crippen LogP contribution in [0.3, 0.4) is 0 Å². The Morgan fingerprint density at radius 2 is 2.28 bits per heavy atom. The SMILES string of the molecule is C#CC(CC)NC(=O)NCC1CCC(C(=O)O)O1. The summed E-state index contributed by atoms with van der Waals surface area (Å²) < 4.78 is 5.25. The van der Waals surface area contributed by atoms with E-state index in [-0.39, 0.29) is 24.7 Å². The van der Waals surface area contributed by atoms with Gasteiger partial charge in [-0.2, -0.15) is 0 Å². The summed E-state index contributed by atoms with van der Waals surface area (Å²) in [5, 5.41) is 14.0. The Morgan fingerprint density at radius 3 is 2.78 bits per heavy atom. The van der Waals surface area contributed by atoms with Gasteiger partial charge < -0.3 is 20.5 Å². The molecule has 3 N–H and O–H groups in total. The lowest BCUT2D eigenvalue weighted by Crippen LogP contribution is -2.44. The minimum atomic E-state index is -0.958. The molecule has 0 bridgehead atoms. The molecule has 6 nitrogen and oxygen atoms in total. The van der Waals surface area contributed by atoms with E-state index in [2.05, 4.69) is 16.6 Å². The van der Waals surface area contributed by atoms with Crippen LogP contribution in [-0.2, 0) is 9.53 Å². The van der Waals surface area contributed by atoms with Crippen LogP contribution in [0, 0.1) is 12.3 Å². The van der Waals surface area contributed by atoms with Crippen molar-refractivity contribution in [1.82, 2.24) is 10.6 Å². The highest BCUT2D eigenvalue weighted by Crippen LogP contribution is 2.19. The fourth-order valence-corrected chi connectivity index (χ4v) is 1.71. The number of hydrogen-bond acceptors (Lipinski definition) is 3. The van der Waals surface area contributed by atoms with Crippen molar-refractivity contribution in [1.29, 1.82) is 0 Å². The number of ether oxygens (including phenoxy) is 1. The molecule has 3 unspecified atom stereocenters. The fraction of sp³-hybridized carbons (Fsp3) is 0.667. The van der Waals surface area contributed by atoms with Crippen LogP contribution < -0.4 is 10.6 Å². The van der Waals surface area contributed by atoms with E-state index < -0.39 is 12.1 Å². The highest BCUT2D eigenvalue weighted by Gasteiger charge is 2.30. The molecular weight excluding hydrogens is 236 g/mol.